The van der Waals surface area contributed by atoms with Crippen molar-refractivity contribution in [2.75, 3.05) is 18.8 Å². The number of aryl methyl sites for hydroxylation is 1. The second kappa shape index (κ2) is 8.99. The number of likely N-dealkylation sites (tertiary alicyclic amines) is 1. The van der Waals surface area contributed by atoms with Crippen LogP contribution in [0.2, 0.25) is 0 Å². The average molecular weight is 465 g/mol. The molecule has 164 valence electrons. The number of aromatic nitrogens is 5. The van der Waals surface area contributed by atoms with Crippen molar-refractivity contribution in [3.05, 3.63) is 58.6 Å². The van der Waals surface area contributed by atoms with Crippen molar-refractivity contribution in [3.8, 4) is 5.69 Å². The Morgan fingerprint density at radius 2 is 2.06 bits per heavy atom. The molecule has 0 unspecified atom stereocenters. The molecule has 1 fully saturated rings. The van der Waals surface area contributed by atoms with Gasteiger partial charge < -0.3 is 4.90 Å². The van der Waals surface area contributed by atoms with E-state index in [1.165, 1.54) is 22.0 Å². The number of nitrogens with zero attached hydrogens (tertiary/aromatic N) is 6. The van der Waals surface area contributed by atoms with Gasteiger partial charge in [-0.1, -0.05) is 36.0 Å². The zero-order chi connectivity index (χ0) is 22.1. The van der Waals surface area contributed by atoms with Crippen molar-refractivity contribution in [2.24, 2.45) is 0 Å². The van der Waals surface area contributed by atoms with Gasteiger partial charge in [-0.3, -0.25) is 4.79 Å². The van der Waals surface area contributed by atoms with Crippen molar-refractivity contribution < 1.29 is 4.79 Å². The molecule has 32 heavy (non-hydrogen) atoms. The fourth-order valence-electron chi connectivity index (χ4n) is 4.07. The highest BCUT2D eigenvalue weighted by Crippen LogP contribution is 2.33. The van der Waals surface area contributed by atoms with Crippen molar-refractivity contribution in [1.82, 2.24) is 30.1 Å². The molecule has 1 aliphatic rings. The molecule has 5 rings (SSSR count). The molecule has 9 heteroatoms. The van der Waals surface area contributed by atoms with E-state index in [2.05, 4.69) is 47.6 Å². The Kier molecular flexibility index (Phi) is 5.93. The van der Waals surface area contributed by atoms with Crippen molar-refractivity contribution >= 4 is 39.2 Å². The van der Waals surface area contributed by atoms with Gasteiger partial charge in [-0.05, 0) is 66.4 Å². The summed E-state index contributed by atoms with van der Waals surface area (Å²) >= 11 is 3.14. The van der Waals surface area contributed by atoms with Crippen LogP contribution in [0.1, 0.15) is 34.9 Å². The molecule has 0 saturated carbocycles. The van der Waals surface area contributed by atoms with Gasteiger partial charge in [-0.2, -0.15) is 4.68 Å². The maximum absolute atomic E-state index is 13.0. The second-order valence-electron chi connectivity index (χ2n) is 8.08. The normalized spacial score (nSPS) is 16.6. The summed E-state index contributed by atoms with van der Waals surface area (Å²) in [6, 6.07) is 14.3. The van der Waals surface area contributed by atoms with E-state index in [9.17, 15) is 4.79 Å². The number of rotatable bonds is 5. The van der Waals surface area contributed by atoms with E-state index < -0.39 is 0 Å². The number of thiazole rings is 1. The summed E-state index contributed by atoms with van der Waals surface area (Å²) in [4.78, 5) is 19.8. The van der Waals surface area contributed by atoms with E-state index in [0.29, 0.717) is 16.8 Å². The minimum absolute atomic E-state index is 0.122. The van der Waals surface area contributed by atoms with E-state index in [1.54, 1.807) is 16.0 Å². The lowest BCUT2D eigenvalue weighted by molar-refractivity contribution is -0.129. The van der Waals surface area contributed by atoms with Gasteiger partial charge in [0.25, 0.3) is 0 Å². The Balaban J connectivity index is 1.26. The zero-order valence-corrected chi connectivity index (χ0v) is 19.7. The molecular weight excluding hydrogens is 440 g/mol. The number of amides is 1. The Hall–Kier alpha value is -2.78. The number of fused-ring (bicyclic) bond motifs is 1. The first kappa shape index (κ1) is 21.1. The maximum atomic E-state index is 13.0. The number of carbonyl (C=O) groups is 1. The standard InChI is InChI=1S/C23H24N6OS2/c1-15-7-5-10-19(16(15)2)29-23(25-26-27-29)31-14-21(30)28-12-6-8-17(13-28)22-24-18-9-3-4-11-20(18)32-22/h3-5,7,9-11,17H,6,8,12-14H2,1-2H3/t17-/m1/s1. The van der Waals surface area contributed by atoms with Crippen molar-refractivity contribution in [1.29, 1.82) is 0 Å². The molecule has 4 aromatic rings. The highest BCUT2D eigenvalue weighted by atomic mass is 32.2. The van der Waals surface area contributed by atoms with Gasteiger partial charge in [0.05, 0.1) is 26.7 Å². The maximum Gasteiger partial charge on any atom is 0.233 e. The predicted molar refractivity (Wildman–Crippen MR) is 128 cm³/mol. The Labute approximate surface area is 194 Å². The SMILES string of the molecule is Cc1cccc(-n2nnnc2SCC(=O)N2CCC[C@@H](c3nc4ccccc4s3)C2)c1C. The van der Waals surface area contributed by atoms with Crippen LogP contribution in [0.5, 0.6) is 0 Å². The minimum atomic E-state index is 0.122. The zero-order valence-electron chi connectivity index (χ0n) is 18.1. The third kappa shape index (κ3) is 4.14. The van der Waals surface area contributed by atoms with Crippen LogP contribution in [0.3, 0.4) is 0 Å². The number of tetrazole rings is 1. The third-order valence-corrected chi connectivity index (χ3v) is 8.11. The second-order valence-corrected chi connectivity index (χ2v) is 10.1. The van der Waals surface area contributed by atoms with Gasteiger partial charge in [0.15, 0.2) is 0 Å². The number of thioether (sulfide) groups is 1. The molecule has 0 spiro atoms. The van der Waals surface area contributed by atoms with E-state index in [1.807, 2.05) is 29.2 Å². The van der Waals surface area contributed by atoms with Crippen molar-refractivity contribution in [2.45, 2.75) is 37.8 Å². The molecule has 0 bridgehead atoms. The summed E-state index contributed by atoms with van der Waals surface area (Å²) in [7, 11) is 0. The van der Waals surface area contributed by atoms with Crippen LogP contribution in [0.4, 0.5) is 0 Å². The molecule has 0 N–H and O–H groups in total. The minimum Gasteiger partial charge on any atom is -0.341 e. The van der Waals surface area contributed by atoms with Crippen LogP contribution in [-0.2, 0) is 4.79 Å². The number of hydrogen-bond acceptors (Lipinski definition) is 7. The Bertz CT molecular complexity index is 1230. The van der Waals surface area contributed by atoms with E-state index in [4.69, 9.17) is 4.98 Å². The van der Waals surface area contributed by atoms with Gasteiger partial charge in [0, 0.05) is 19.0 Å². The highest BCUT2D eigenvalue weighted by Gasteiger charge is 2.27. The monoisotopic (exact) mass is 464 g/mol. The Morgan fingerprint density at radius 3 is 2.94 bits per heavy atom. The van der Waals surface area contributed by atoms with Crippen molar-refractivity contribution in [3.63, 3.8) is 0 Å². The summed E-state index contributed by atoms with van der Waals surface area (Å²) in [5.41, 5.74) is 4.30. The summed E-state index contributed by atoms with van der Waals surface area (Å²) in [5, 5.41) is 13.9. The highest BCUT2D eigenvalue weighted by molar-refractivity contribution is 7.99. The van der Waals surface area contributed by atoms with E-state index >= 15 is 0 Å². The smallest absolute Gasteiger partial charge is 0.233 e. The lowest BCUT2D eigenvalue weighted by Crippen LogP contribution is -2.40. The molecule has 2 aromatic heterocycles. The van der Waals surface area contributed by atoms with Gasteiger partial charge in [-0.15, -0.1) is 16.4 Å². The van der Waals surface area contributed by atoms with Crippen LogP contribution < -0.4 is 0 Å². The molecule has 1 amide bonds. The number of carbonyl (C=O) groups excluding carboxylic acids is 1. The molecule has 2 aromatic carbocycles. The van der Waals surface area contributed by atoms with E-state index in [-0.39, 0.29) is 5.91 Å². The quantitative estimate of drug-likeness (QED) is 0.408. The molecule has 1 aliphatic heterocycles. The first-order valence-electron chi connectivity index (χ1n) is 10.7. The molecule has 0 aliphatic carbocycles. The third-order valence-electron chi connectivity index (χ3n) is 6.00. The molecule has 3 heterocycles. The number of benzene rings is 2. The summed E-state index contributed by atoms with van der Waals surface area (Å²) in [5.74, 6) is 0.740. The first-order chi connectivity index (χ1) is 15.6. The fraction of sp³-hybridized carbons (Fsp3) is 0.348. The summed E-state index contributed by atoms with van der Waals surface area (Å²) in [6.07, 6.45) is 2.07. The summed E-state index contributed by atoms with van der Waals surface area (Å²) < 4.78 is 2.93. The molecule has 1 saturated heterocycles. The number of hydrogen-bond donors (Lipinski definition) is 0. The molecule has 7 nitrogen and oxygen atoms in total. The van der Waals surface area contributed by atoms with E-state index in [0.717, 1.165) is 47.7 Å². The molecule has 1 atom stereocenters. The average Bonchev–Trinajstić information content (AvgIpc) is 3.46. The van der Waals surface area contributed by atoms with Gasteiger partial charge >= 0.3 is 0 Å². The Morgan fingerprint density at radius 1 is 1.19 bits per heavy atom. The van der Waals surface area contributed by atoms with Crippen LogP contribution in [0.15, 0.2) is 47.6 Å². The van der Waals surface area contributed by atoms with Gasteiger partial charge in [-0.25, -0.2) is 4.98 Å². The van der Waals surface area contributed by atoms with Crippen LogP contribution in [0, 0.1) is 13.8 Å². The van der Waals surface area contributed by atoms with Gasteiger partial charge in [0.1, 0.15) is 0 Å². The fourth-order valence-corrected chi connectivity index (χ4v) is 5.95. The largest absolute Gasteiger partial charge is 0.341 e. The topological polar surface area (TPSA) is 76.8 Å². The summed E-state index contributed by atoms with van der Waals surface area (Å²) in [6.45, 7) is 5.64. The molecular formula is C23H24N6OS2. The van der Waals surface area contributed by atoms with Gasteiger partial charge in [0.2, 0.25) is 11.1 Å². The first-order valence-corrected chi connectivity index (χ1v) is 12.5. The molecule has 0 radical (unpaired) electrons. The van der Waals surface area contributed by atoms with Crippen LogP contribution >= 0.6 is 23.1 Å². The lowest BCUT2D eigenvalue weighted by atomic mass is 9.99. The van der Waals surface area contributed by atoms with Crippen LogP contribution in [-0.4, -0.2) is 54.8 Å². The lowest BCUT2D eigenvalue weighted by Gasteiger charge is -2.31. The van der Waals surface area contributed by atoms with Crippen LogP contribution in [0.25, 0.3) is 15.9 Å². The number of para-hydroxylation sites is 1. The number of piperidine rings is 1. The predicted octanol–water partition coefficient (Wildman–Crippen LogP) is 4.39.